The van der Waals surface area contributed by atoms with Gasteiger partial charge in [0.25, 0.3) is 0 Å². The summed E-state index contributed by atoms with van der Waals surface area (Å²) in [5, 5.41) is 13.5. The maximum atomic E-state index is 10.3. The summed E-state index contributed by atoms with van der Waals surface area (Å²) in [4.78, 5) is 6.72. The predicted octanol–water partition coefficient (Wildman–Crippen LogP) is 4.71. The number of halogens is 1. The quantitative estimate of drug-likeness (QED) is 0.696. The van der Waals surface area contributed by atoms with Crippen molar-refractivity contribution in [3.63, 3.8) is 0 Å². The van der Waals surface area contributed by atoms with Gasteiger partial charge in [0.05, 0.1) is 6.61 Å². The molecule has 2 heterocycles. The Labute approximate surface area is 165 Å². The van der Waals surface area contributed by atoms with Gasteiger partial charge < -0.3 is 5.11 Å². The summed E-state index contributed by atoms with van der Waals surface area (Å²) in [6, 6.07) is 16.5. The van der Waals surface area contributed by atoms with Crippen molar-refractivity contribution in [3.8, 4) is 0 Å². The Bertz CT molecular complexity index is 924. The fraction of sp³-hybridized carbons (Fsp3) is 0.348. The first-order valence-corrected chi connectivity index (χ1v) is 9.95. The molecule has 0 spiro atoms. The lowest BCUT2D eigenvalue weighted by Gasteiger charge is -2.42. The van der Waals surface area contributed by atoms with Gasteiger partial charge in [0, 0.05) is 41.3 Å². The van der Waals surface area contributed by atoms with Gasteiger partial charge in [-0.25, -0.2) is 0 Å². The number of piperidine rings is 1. The van der Waals surface area contributed by atoms with Crippen LogP contribution < -0.4 is 0 Å². The van der Waals surface area contributed by atoms with Gasteiger partial charge in [-0.2, -0.15) is 0 Å². The number of aliphatic hydroxyl groups is 1. The third-order valence-electron chi connectivity index (χ3n) is 5.71. The van der Waals surface area contributed by atoms with Crippen LogP contribution in [0, 0.1) is 5.41 Å². The van der Waals surface area contributed by atoms with E-state index in [0.717, 1.165) is 43.9 Å². The van der Waals surface area contributed by atoms with Gasteiger partial charge >= 0.3 is 0 Å². The van der Waals surface area contributed by atoms with Crippen LogP contribution in [0.4, 0.5) is 0 Å². The van der Waals surface area contributed by atoms with Crippen molar-refractivity contribution in [2.45, 2.75) is 25.8 Å². The standard InChI is InChI=1S/C23H25ClN2O/c24-21-7-1-4-18(12-21)13-23(17-27)9-3-11-26(16-23)15-20-6-2-5-19-14-25-10-8-22(19)20/h1-2,4-8,10,12,14,27H,3,9,11,13,15-17H2. The van der Waals surface area contributed by atoms with Crippen LogP contribution in [0.15, 0.2) is 60.9 Å². The number of aliphatic hydroxyl groups excluding tert-OH is 1. The summed E-state index contributed by atoms with van der Waals surface area (Å²) in [5.41, 5.74) is 2.43. The van der Waals surface area contributed by atoms with Crippen molar-refractivity contribution in [2.75, 3.05) is 19.7 Å². The SMILES string of the molecule is OCC1(Cc2cccc(Cl)c2)CCCN(Cc2cccc3cnccc23)C1. The second kappa shape index (κ2) is 7.97. The van der Waals surface area contributed by atoms with Crippen LogP contribution in [0.2, 0.25) is 5.02 Å². The molecule has 2 aromatic carbocycles. The summed E-state index contributed by atoms with van der Waals surface area (Å²) >= 11 is 6.16. The number of fused-ring (bicyclic) bond motifs is 1. The number of hydrogen-bond acceptors (Lipinski definition) is 3. The molecular formula is C23H25ClN2O. The molecule has 140 valence electrons. The number of aromatic nitrogens is 1. The summed E-state index contributed by atoms with van der Waals surface area (Å²) in [6.07, 6.45) is 6.80. The molecule has 1 aliphatic heterocycles. The first-order chi connectivity index (χ1) is 13.2. The summed E-state index contributed by atoms with van der Waals surface area (Å²) in [6.45, 7) is 3.07. The highest BCUT2D eigenvalue weighted by atomic mass is 35.5. The van der Waals surface area contributed by atoms with Crippen LogP contribution in [-0.2, 0) is 13.0 Å². The number of hydrogen-bond donors (Lipinski definition) is 1. The molecule has 0 amide bonds. The zero-order valence-electron chi connectivity index (χ0n) is 15.4. The van der Waals surface area contributed by atoms with E-state index in [1.54, 1.807) is 0 Å². The van der Waals surface area contributed by atoms with Gasteiger partial charge in [0.1, 0.15) is 0 Å². The fourth-order valence-electron chi connectivity index (χ4n) is 4.42. The predicted molar refractivity (Wildman–Crippen MR) is 111 cm³/mol. The van der Waals surface area contributed by atoms with Crippen molar-refractivity contribution < 1.29 is 5.11 Å². The van der Waals surface area contributed by atoms with Gasteiger partial charge in [-0.05, 0) is 60.5 Å². The zero-order valence-corrected chi connectivity index (χ0v) is 16.2. The highest BCUT2D eigenvalue weighted by molar-refractivity contribution is 6.30. The van der Waals surface area contributed by atoms with Crippen LogP contribution in [0.3, 0.4) is 0 Å². The third kappa shape index (κ3) is 4.16. The lowest BCUT2D eigenvalue weighted by Crippen LogP contribution is -2.46. The summed E-state index contributed by atoms with van der Waals surface area (Å²) in [7, 11) is 0. The molecule has 1 atom stereocenters. The van der Waals surface area contributed by atoms with Gasteiger partial charge in [-0.1, -0.05) is 41.9 Å². The minimum absolute atomic E-state index is 0.102. The normalized spacial score (nSPS) is 20.8. The second-order valence-corrected chi connectivity index (χ2v) is 8.23. The number of pyridine rings is 1. The largest absolute Gasteiger partial charge is 0.396 e. The monoisotopic (exact) mass is 380 g/mol. The molecule has 3 aromatic rings. The van der Waals surface area contributed by atoms with Gasteiger partial charge in [0.2, 0.25) is 0 Å². The first kappa shape index (κ1) is 18.4. The zero-order chi connectivity index (χ0) is 18.7. The summed E-state index contributed by atoms with van der Waals surface area (Å²) in [5.74, 6) is 0. The molecule has 3 nitrogen and oxygen atoms in total. The van der Waals surface area contributed by atoms with E-state index in [9.17, 15) is 5.11 Å². The minimum atomic E-state index is -0.102. The summed E-state index contributed by atoms with van der Waals surface area (Å²) < 4.78 is 0. The average molecular weight is 381 g/mol. The van der Waals surface area contributed by atoms with Crippen LogP contribution in [0.25, 0.3) is 10.8 Å². The second-order valence-electron chi connectivity index (χ2n) is 7.79. The lowest BCUT2D eigenvalue weighted by atomic mass is 9.75. The molecule has 0 aliphatic carbocycles. The maximum Gasteiger partial charge on any atom is 0.0502 e. The van der Waals surface area contributed by atoms with E-state index in [-0.39, 0.29) is 12.0 Å². The number of benzene rings is 2. The van der Waals surface area contributed by atoms with Crippen molar-refractivity contribution in [3.05, 3.63) is 77.1 Å². The Kier molecular flexibility index (Phi) is 5.44. The highest BCUT2D eigenvalue weighted by Crippen LogP contribution is 2.35. The molecule has 4 heteroatoms. The molecule has 1 fully saturated rings. The van der Waals surface area contributed by atoms with Crippen LogP contribution >= 0.6 is 11.6 Å². The van der Waals surface area contributed by atoms with Crippen molar-refractivity contribution in [1.82, 2.24) is 9.88 Å². The van der Waals surface area contributed by atoms with Gasteiger partial charge in [-0.3, -0.25) is 9.88 Å². The Hall–Kier alpha value is -1.94. The molecule has 1 aromatic heterocycles. The van der Waals surface area contributed by atoms with E-state index < -0.39 is 0 Å². The van der Waals surface area contributed by atoms with Crippen molar-refractivity contribution in [2.24, 2.45) is 5.41 Å². The molecule has 0 radical (unpaired) electrons. The molecule has 0 bridgehead atoms. The Balaban J connectivity index is 1.54. The lowest BCUT2D eigenvalue weighted by molar-refractivity contribution is 0.0290. The molecule has 4 rings (SSSR count). The van der Waals surface area contributed by atoms with Crippen LogP contribution in [0.1, 0.15) is 24.0 Å². The van der Waals surface area contributed by atoms with E-state index in [1.165, 1.54) is 21.9 Å². The maximum absolute atomic E-state index is 10.3. The van der Waals surface area contributed by atoms with Crippen LogP contribution in [-0.4, -0.2) is 34.7 Å². The third-order valence-corrected chi connectivity index (χ3v) is 5.94. The van der Waals surface area contributed by atoms with E-state index in [2.05, 4.69) is 40.2 Å². The number of nitrogens with zero attached hydrogens (tertiary/aromatic N) is 2. The van der Waals surface area contributed by atoms with E-state index in [1.807, 2.05) is 30.6 Å². The first-order valence-electron chi connectivity index (χ1n) is 9.57. The molecule has 1 saturated heterocycles. The molecule has 0 saturated carbocycles. The average Bonchev–Trinajstić information content (AvgIpc) is 2.69. The molecule has 1 N–H and O–H groups in total. The Morgan fingerprint density at radius 2 is 2.04 bits per heavy atom. The minimum Gasteiger partial charge on any atom is -0.396 e. The molecule has 27 heavy (non-hydrogen) atoms. The molecular weight excluding hydrogens is 356 g/mol. The van der Waals surface area contributed by atoms with Crippen molar-refractivity contribution in [1.29, 1.82) is 0 Å². The van der Waals surface area contributed by atoms with Gasteiger partial charge in [-0.15, -0.1) is 0 Å². The topological polar surface area (TPSA) is 36.4 Å². The number of likely N-dealkylation sites (tertiary alicyclic amines) is 1. The highest BCUT2D eigenvalue weighted by Gasteiger charge is 2.35. The smallest absolute Gasteiger partial charge is 0.0502 e. The Morgan fingerprint density at radius 3 is 2.89 bits per heavy atom. The molecule has 1 aliphatic rings. The van der Waals surface area contributed by atoms with E-state index in [0.29, 0.717) is 0 Å². The number of rotatable bonds is 5. The van der Waals surface area contributed by atoms with E-state index >= 15 is 0 Å². The molecule has 1 unspecified atom stereocenters. The van der Waals surface area contributed by atoms with Gasteiger partial charge in [0.15, 0.2) is 0 Å². The Morgan fingerprint density at radius 1 is 1.15 bits per heavy atom. The fourth-order valence-corrected chi connectivity index (χ4v) is 4.64. The van der Waals surface area contributed by atoms with Crippen LogP contribution in [0.5, 0.6) is 0 Å². The van der Waals surface area contributed by atoms with E-state index in [4.69, 9.17) is 11.6 Å². The van der Waals surface area contributed by atoms with Crippen molar-refractivity contribution >= 4 is 22.4 Å².